The van der Waals surface area contributed by atoms with Crippen molar-refractivity contribution in [3.63, 3.8) is 0 Å². The Morgan fingerprint density at radius 3 is 1.00 bits per heavy atom. The molecule has 0 aliphatic rings. The summed E-state index contributed by atoms with van der Waals surface area (Å²) in [5.74, 6) is 0. The fourth-order valence-corrected chi connectivity index (χ4v) is 0. The zero-order valence-corrected chi connectivity index (χ0v) is 8.85. The van der Waals surface area contributed by atoms with Crippen molar-refractivity contribution in [2.45, 2.75) is 0 Å². The summed E-state index contributed by atoms with van der Waals surface area (Å²) in [5.41, 5.74) is 0. The minimum atomic E-state index is -4.67. The smallest absolute Gasteiger partial charge is 1.00 e. The van der Waals surface area contributed by atoms with E-state index in [1.165, 1.54) is 0 Å². The Balaban J connectivity index is -0.00000000222. The van der Waals surface area contributed by atoms with E-state index < -0.39 is 10.4 Å². The molecule has 6 N–H and O–H groups in total. The molecule has 0 aliphatic carbocycles. The number of hydrogen-bond donors (Lipinski definition) is 2. The molecule has 0 heterocycles. The van der Waals surface area contributed by atoms with Crippen molar-refractivity contribution in [3.05, 3.63) is 0 Å². The fraction of sp³-hybridized carbons (Fsp3) is 0. The maximum absolute atomic E-state index is 8.74. The van der Waals surface area contributed by atoms with E-state index in [-0.39, 0.29) is 92.1 Å². The zero-order valence-electron chi connectivity index (χ0n) is 9.83. The van der Waals surface area contributed by atoms with Gasteiger partial charge < -0.3 is 16.7 Å². The van der Waals surface area contributed by atoms with Crippen LogP contribution in [0.15, 0.2) is 0 Å². The molecule has 0 aromatic rings. The predicted molar refractivity (Wildman–Crippen MR) is 31.6 cm³/mol. The minimum Gasteiger partial charge on any atom is -1.00 e. The second kappa shape index (κ2) is 17.4. The van der Waals surface area contributed by atoms with Crippen LogP contribution in [0, 0.1) is 0 Å². The topological polar surface area (TPSA) is 138 Å². The van der Waals surface area contributed by atoms with Crippen molar-refractivity contribution in [2.75, 3.05) is 0 Å². The molecule has 0 aromatic heterocycles. The van der Waals surface area contributed by atoms with E-state index in [9.17, 15) is 0 Å². The van der Waals surface area contributed by atoms with Gasteiger partial charge >= 0.3 is 85.9 Å². The van der Waals surface area contributed by atoms with Gasteiger partial charge in [-0.25, -0.2) is 0 Å². The molecule has 10 heteroatoms. The molecule has 56 valence electrons. The Bertz CT molecular complexity index is 111. The Labute approximate surface area is 119 Å². The molecule has 0 radical (unpaired) electrons. The van der Waals surface area contributed by atoms with Gasteiger partial charge in [0.25, 0.3) is 0 Å². The van der Waals surface area contributed by atoms with Crippen molar-refractivity contribution in [2.24, 2.45) is 0 Å². The summed E-state index contributed by atoms with van der Waals surface area (Å²) in [7, 11) is -4.67. The van der Waals surface area contributed by atoms with Gasteiger partial charge in [-0.3, -0.25) is 9.11 Å². The van der Waals surface area contributed by atoms with Crippen LogP contribution in [0.3, 0.4) is 0 Å². The molecule has 0 spiro atoms. The molecule has 0 saturated carbocycles. The van der Waals surface area contributed by atoms with Crippen molar-refractivity contribution < 1.29 is 71.9 Å². The summed E-state index contributed by atoms with van der Waals surface area (Å²) in [4.78, 5) is 0. The standard InChI is InChI=1S/Ca.2Li.H2O4S.2H2O.4H/c;;;1-5(2,3)4;;;;;;/h;;;(H2,1,2,3,4);2*1H2;;;;/q+2;2*+1;;;;4*-1. The van der Waals surface area contributed by atoms with Crippen LogP contribution in [0.2, 0.25) is 0 Å². The average molecular weight is 192 g/mol. The Hall–Kier alpha value is 2.24. The second-order valence-corrected chi connectivity index (χ2v) is 1.34. The molecule has 0 rings (SSSR count). The Kier molecular flexibility index (Phi) is 68.9. The molecule has 0 fully saturated rings. The summed E-state index contributed by atoms with van der Waals surface area (Å²) < 4.78 is 31.6. The summed E-state index contributed by atoms with van der Waals surface area (Å²) in [6.45, 7) is 0. The maximum Gasteiger partial charge on any atom is 2.00 e. The van der Waals surface area contributed by atoms with Crippen LogP contribution in [0.25, 0.3) is 0 Å². The quantitative estimate of drug-likeness (QED) is 0.290. The third-order valence-electron chi connectivity index (χ3n) is 0. The van der Waals surface area contributed by atoms with E-state index in [4.69, 9.17) is 17.5 Å². The predicted octanol–water partition coefficient (Wildman–Crippen LogP) is -8.22. The van der Waals surface area contributed by atoms with E-state index in [0.29, 0.717) is 0 Å². The molecule has 0 bridgehead atoms. The van der Waals surface area contributed by atoms with Crippen LogP contribution in [-0.4, -0.2) is 66.2 Å². The van der Waals surface area contributed by atoms with Gasteiger partial charge in [-0.2, -0.15) is 8.42 Å². The van der Waals surface area contributed by atoms with Crippen LogP contribution in [0.5, 0.6) is 0 Å². The molecule has 0 atom stereocenters. The summed E-state index contributed by atoms with van der Waals surface area (Å²) >= 11 is 0. The van der Waals surface area contributed by atoms with Crippen molar-refractivity contribution in [1.82, 2.24) is 0 Å². The second-order valence-electron chi connectivity index (χ2n) is 0.448. The van der Waals surface area contributed by atoms with E-state index in [2.05, 4.69) is 0 Å². The molecule has 0 saturated heterocycles. The van der Waals surface area contributed by atoms with E-state index >= 15 is 0 Å². The third kappa shape index (κ3) is 174. The third-order valence-corrected chi connectivity index (χ3v) is 0. The Morgan fingerprint density at radius 2 is 1.00 bits per heavy atom. The van der Waals surface area contributed by atoms with Crippen molar-refractivity contribution in [3.8, 4) is 0 Å². The first-order valence-corrected chi connectivity index (χ1v) is 2.10. The monoisotopic (exact) mass is 192 g/mol. The van der Waals surface area contributed by atoms with Gasteiger partial charge in [0.15, 0.2) is 0 Å². The fourth-order valence-electron chi connectivity index (χ4n) is 0. The van der Waals surface area contributed by atoms with Crippen LogP contribution in [-0.2, 0) is 10.4 Å². The maximum atomic E-state index is 8.74. The molecule has 10 heavy (non-hydrogen) atoms. The Morgan fingerprint density at radius 1 is 1.00 bits per heavy atom. The number of rotatable bonds is 0. The summed E-state index contributed by atoms with van der Waals surface area (Å²) in [5, 5.41) is 0. The van der Waals surface area contributed by atoms with Gasteiger partial charge in [-0.15, -0.1) is 0 Å². The SMILES string of the molecule is O.O.O=S(=O)(O)O.[Ca+2].[H-].[H-].[H-].[H-].[Li+].[Li+]. The molecular weight excluding hydrogens is 182 g/mol. The van der Waals surface area contributed by atoms with E-state index in [1.54, 1.807) is 0 Å². The van der Waals surface area contributed by atoms with Gasteiger partial charge in [-0.1, -0.05) is 0 Å². The van der Waals surface area contributed by atoms with E-state index in [1.807, 2.05) is 0 Å². The van der Waals surface area contributed by atoms with Gasteiger partial charge in [0.1, 0.15) is 0 Å². The molecule has 0 aromatic carbocycles. The molecule has 0 aliphatic heterocycles. The number of hydrogen-bond acceptors (Lipinski definition) is 2. The molecule has 6 nitrogen and oxygen atoms in total. The van der Waals surface area contributed by atoms with Gasteiger partial charge in [0.05, 0.1) is 0 Å². The van der Waals surface area contributed by atoms with Gasteiger partial charge in [0.2, 0.25) is 0 Å². The molecular formula is H10CaLi2O6S. The molecule has 0 unspecified atom stereocenters. The first kappa shape index (κ1) is 39.7. The van der Waals surface area contributed by atoms with Crippen LogP contribution < -0.4 is 37.7 Å². The van der Waals surface area contributed by atoms with Crippen molar-refractivity contribution >= 4 is 48.1 Å². The minimum absolute atomic E-state index is 0. The summed E-state index contributed by atoms with van der Waals surface area (Å²) in [6, 6.07) is 0. The first-order chi connectivity index (χ1) is 2.00. The van der Waals surface area contributed by atoms with Gasteiger partial charge in [-0.05, 0) is 0 Å². The largest absolute Gasteiger partial charge is 2.00 e. The molecule has 0 amide bonds. The van der Waals surface area contributed by atoms with Crippen molar-refractivity contribution in [1.29, 1.82) is 0 Å². The zero-order chi connectivity index (χ0) is 4.50. The average Bonchev–Trinajstić information content (AvgIpc) is 0.722. The normalized spacial score (nSPS) is 5.80. The summed E-state index contributed by atoms with van der Waals surface area (Å²) in [6.07, 6.45) is 0. The van der Waals surface area contributed by atoms with Crippen LogP contribution in [0.1, 0.15) is 5.71 Å². The van der Waals surface area contributed by atoms with Crippen LogP contribution >= 0.6 is 0 Å². The van der Waals surface area contributed by atoms with Crippen LogP contribution in [0.4, 0.5) is 0 Å². The van der Waals surface area contributed by atoms with E-state index in [0.717, 1.165) is 0 Å². The van der Waals surface area contributed by atoms with Gasteiger partial charge in [0, 0.05) is 0 Å². The first-order valence-electron chi connectivity index (χ1n) is 0.698.